The van der Waals surface area contributed by atoms with E-state index < -0.39 is 0 Å². The molecule has 3 rings (SSSR count). The molecule has 0 spiro atoms. The number of nitrogens with one attached hydrogen (secondary N) is 2. The molecule has 1 aliphatic heterocycles. The van der Waals surface area contributed by atoms with E-state index in [-0.39, 0.29) is 5.82 Å². The van der Waals surface area contributed by atoms with E-state index in [1.165, 1.54) is 6.07 Å². The molecule has 0 unspecified atom stereocenters. The van der Waals surface area contributed by atoms with Gasteiger partial charge in [0.15, 0.2) is 0 Å². The van der Waals surface area contributed by atoms with Crippen LogP contribution in [0.3, 0.4) is 0 Å². The Kier molecular flexibility index (Phi) is 1.61. The SMILES string of the molecule is Fc1cccc2[nH]cc(C[C@H]3CN3)c12. The first kappa shape index (κ1) is 8.00. The largest absolute Gasteiger partial charge is 0.361 e. The number of aromatic amines is 1. The normalized spacial score (nSPS) is 20.2. The number of H-pyrrole nitrogens is 1. The summed E-state index contributed by atoms with van der Waals surface area (Å²) in [5.41, 5.74) is 1.97. The van der Waals surface area contributed by atoms with Gasteiger partial charge >= 0.3 is 0 Å². The Labute approximate surface area is 81.1 Å². The predicted octanol–water partition coefficient (Wildman–Crippen LogP) is 1.82. The van der Waals surface area contributed by atoms with Gasteiger partial charge in [-0.3, -0.25) is 0 Å². The maximum Gasteiger partial charge on any atom is 0.132 e. The van der Waals surface area contributed by atoms with E-state index >= 15 is 0 Å². The standard InChI is InChI=1S/C11H11FN2/c12-9-2-1-3-10-11(9)7(5-14-10)4-8-6-13-8/h1-3,5,8,13-14H,4,6H2/t8-/m0/s1. The molecule has 2 heterocycles. The summed E-state index contributed by atoms with van der Waals surface area (Å²) in [6.07, 6.45) is 2.83. The molecular weight excluding hydrogens is 179 g/mol. The van der Waals surface area contributed by atoms with Crippen molar-refractivity contribution in [1.29, 1.82) is 0 Å². The summed E-state index contributed by atoms with van der Waals surface area (Å²) >= 11 is 0. The minimum absolute atomic E-state index is 0.126. The first-order valence-corrected chi connectivity index (χ1v) is 4.82. The number of fused-ring (bicyclic) bond motifs is 1. The molecule has 1 fully saturated rings. The van der Waals surface area contributed by atoms with Crippen LogP contribution in [-0.2, 0) is 6.42 Å². The number of benzene rings is 1. The van der Waals surface area contributed by atoms with Crippen LogP contribution in [0.1, 0.15) is 5.56 Å². The van der Waals surface area contributed by atoms with Gasteiger partial charge in [-0.25, -0.2) is 4.39 Å². The summed E-state index contributed by atoms with van der Waals surface area (Å²) in [5.74, 6) is -0.126. The molecule has 0 amide bonds. The van der Waals surface area contributed by atoms with Gasteiger partial charge in [0.2, 0.25) is 0 Å². The number of rotatable bonds is 2. The van der Waals surface area contributed by atoms with Crippen molar-refractivity contribution in [1.82, 2.24) is 10.3 Å². The van der Waals surface area contributed by atoms with Crippen molar-refractivity contribution < 1.29 is 4.39 Å². The van der Waals surface area contributed by atoms with Gasteiger partial charge in [-0.05, 0) is 24.1 Å². The number of hydrogen-bond donors (Lipinski definition) is 2. The van der Waals surface area contributed by atoms with Crippen LogP contribution in [0.4, 0.5) is 4.39 Å². The van der Waals surface area contributed by atoms with Gasteiger partial charge in [-0.1, -0.05) is 6.07 Å². The molecule has 1 aromatic carbocycles. The summed E-state index contributed by atoms with van der Waals surface area (Å²) in [6.45, 7) is 1.06. The van der Waals surface area contributed by atoms with Crippen molar-refractivity contribution in [2.24, 2.45) is 0 Å². The summed E-state index contributed by atoms with van der Waals surface area (Å²) in [4.78, 5) is 3.09. The van der Waals surface area contributed by atoms with Gasteiger partial charge in [0.1, 0.15) is 5.82 Å². The van der Waals surface area contributed by atoms with Crippen LogP contribution in [0.2, 0.25) is 0 Å². The van der Waals surface area contributed by atoms with E-state index in [1.54, 1.807) is 6.07 Å². The van der Waals surface area contributed by atoms with Gasteiger partial charge < -0.3 is 10.3 Å². The highest BCUT2D eigenvalue weighted by Gasteiger charge is 2.22. The van der Waals surface area contributed by atoms with Gasteiger partial charge in [-0.15, -0.1) is 0 Å². The third-order valence-corrected chi connectivity index (χ3v) is 2.70. The van der Waals surface area contributed by atoms with Crippen LogP contribution in [0.25, 0.3) is 10.9 Å². The zero-order chi connectivity index (χ0) is 9.54. The molecule has 1 aromatic heterocycles. The molecule has 3 heteroatoms. The summed E-state index contributed by atoms with van der Waals surface area (Å²) in [5, 5.41) is 3.97. The van der Waals surface area contributed by atoms with Crippen LogP contribution >= 0.6 is 0 Å². The smallest absolute Gasteiger partial charge is 0.132 e. The molecule has 0 bridgehead atoms. The van der Waals surface area contributed by atoms with E-state index in [0.29, 0.717) is 6.04 Å². The van der Waals surface area contributed by atoms with Gasteiger partial charge in [0.05, 0.1) is 0 Å². The van der Waals surface area contributed by atoms with Crippen molar-refractivity contribution in [3.63, 3.8) is 0 Å². The Morgan fingerprint density at radius 1 is 1.43 bits per heavy atom. The highest BCUT2D eigenvalue weighted by molar-refractivity contribution is 5.83. The predicted molar refractivity (Wildman–Crippen MR) is 53.8 cm³/mol. The van der Waals surface area contributed by atoms with Crippen LogP contribution in [-0.4, -0.2) is 17.6 Å². The van der Waals surface area contributed by atoms with E-state index in [4.69, 9.17) is 0 Å². The Hall–Kier alpha value is -1.35. The number of hydrogen-bond acceptors (Lipinski definition) is 1. The molecule has 0 saturated carbocycles. The van der Waals surface area contributed by atoms with Gasteiger partial charge in [0, 0.05) is 29.7 Å². The third kappa shape index (κ3) is 1.21. The average molecular weight is 190 g/mol. The molecule has 1 aliphatic rings. The van der Waals surface area contributed by atoms with Crippen LogP contribution in [0.5, 0.6) is 0 Å². The average Bonchev–Trinajstić information content (AvgIpc) is 2.88. The highest BCUT2D eigenvalue weighted by Crippen LogP contribution is 2.23. The minimum Gasteiger partial charge on any atom is -0.361 e. The zero-order valence-corrected chi connectivity index (χ0v) is 7.68. The third-order valence-electron chi connectivity index (χ3n) is 2.70. The first-order valence-electron chi connectivity index (χ1n) is 4.82. The molecule has 2 nitrogen and oxygen atoms in total. The fourth-order valence-corrected chi connectivity index (χ4v) is 1.86. The molecule has 0 radical (unpaired) electrons. The summed E-state index contributed by atoms with van der Waals surface area (Å²) < 4.78 is 13.5. The van der Waals surface area contributed by atoms with Crippen LogP contribution in [0, 0.1) is 5.82 Å². The van der Waals surface area contributed by atoms with Crippen molar-refractivity contribution in [3.05, 3.63) is 35.8 Å². The van der Waals surface area contributed by atoms with Gasteiger partial charge in [0.25, 0.3) is 0 Å². The lowest BCUT2D eigenvalue weighted by atomic mass is 10.1. The maximum atomic E-state index is 13.5. The lowest BCUT2D eigenvalue weighted by Gasteiger charge is -1.97. The lowest BCUT2D eigenvalue weighted by molar-refractivity contribution is 0.639. The van der Waals surface area contributed by atoms with Crippen molar-refractivity contribution in [2.75, 3.05) is 6.54 Å². The minimum atomic E-state index is -0.126. The zero-order valence-electron chi connectivity index (χ0n) is 7.68. The van der Waals surface area contributed by atoms with Gasteiger partial charge in [-0.2, -0.15) is 0 Å². The summed E-state index contributed by atoms with van der Waals surface area (Å²) in [7, 11) is 0. The van der Waals surface area contributed by atoms with E-state index in [2.05, 4.69) is 10.3 Å². The second-order valence-electron chi connectivity index (χ2n) is 3.79. The van der Waals surface area contributed by atoms with Crippen molar-refractivity contribution >= 4 is 10.9 Å². The van der Waals surface area contributed by atoms with E-state index in [9.17, 15) is 4.39 Å². The lowest BCUT2D eigenvalue weighted by Crippen LogP contribution is -1.95. The van der Waals surface area contributed by atoms with Crippen LogP contribution in [0.15, 0.2) is 24.4 Å². The molecule has 2 aromatic rings. The quantitative estimate of drug-likeness (QED) is 0.696. The summed E-state index contributed by atoms with van der Waals surface area (Å²) in [6, 6.07) is 5.70. The monoisotopic (exact) mass is 190 g/mol. The Balaban J connectivity index is 2.13. The fraction of sp³-hybridized carbons (Fsp3) is 0.273. The van der Waals surface area contributed by atoms with Crippen molar-refractivity contribution in [2.45, 2.75) is 12.5 Å². The molecule has 1 atom stereocenters. The van der Waals surface area contributed by atoms with Crippen molar-refractivity contribution in [3.8, 4) is 0 Å². The molecule has 14 heavy (non-hydrogen) atoms. The Morgan fingerprint density at radius 3 is 3.07 bits per heavy atom. The van der Waals surface area contributed by atoms with E-state index in [1.807, 2.05) is 12.3 Å². The second-order valence-corrected chi connectivity index (χ2v) is 3.79. The first-order chi connectivity index (χ1) is 6.84. The molecule has 0 aliphatic carbocycles. The second kappa shape index (κ2) is 2.82. The van der Waals surface area contributed by atoms with Crippen LogP contribution < -0.4 is 5.32 Å². The maximum absolute atomic E-state index is 13.5. The molecule has 1 saturated heterocycles. The van der Waals surface area contributed by atoms with E-state index in [0.717, 1.165) is 29.4 Å². The Bertz CT molecular complexity index is 471. The Morgan fingerprint density at radius 2 is 2.29 bits per heavy atom. The molecular formula is C11H11FN2. The molecule has 2 N–H and O–H groups in total. The number of aromatic nitrogens is 1. The number of halogens is 1. The highest BCUT2D eigenvalue weighted by atomic mass is 19.1. The fourth-order valence-electron chi connectivity index (χ4n) is 1.86. The topological polar surface area (TPSA) is 37.7 Å². The molecule has 72 valence electrons.